The molecule has 1 atom stereocenters. The van der Waals surface area contributed by atoms with Crippen LogP contribution in [-0.2, 0) is 14.6 Å². The van der Waals surface area contributed by atoms with Crippen molar-refractivity contribution in [1.82, 2.24) is 0 Å². The summed E-state index contributed by atoms with van der Waals surface area (Å²) in [5.74, 6) is -4.04. The van der Waals surface area contributed by atoms with Crippen LogP contribution in [-0.4, -0.2) is 26.1 Å². The summed E-state index contributed by atoms with van der Waals surface area (Å²) in [6, 6.07) is 3.84. The Labute approximate surface area is 103 Å². The zero-order valence-electron chi connectivity index (χ0n) is 9.43. The van der Waals surface area contributed by atoms with Crippen molar-refractivity contribution in [3.63, 3.8) is 0 Å². The summed E-state index contributed by atoms with van der Waals surface area (Å²) < 4.78 is 47.1. The van der Waals surface area contributed by atoms with E-state index in [-0.39, 0.29) is 5.69 Å². The van der Waals surface area contributed by atoms with Gasteiger partial charge < -0.3 is 11.1 Å². The Kier molecular flexibility index (Phi) is 4.36. The van der Waals surface area contributed by atoms with Crippen molar-refractivity contribution < 1.29 is 22.0 Å². The molecule has 18 heavy (non-hydrogen) atoms. The number of carbonyl (C=O) groups is 1. The van der Waals surface area contributed by atoms with Gasteiger partial charge in [0.15, 0.2) is 0 Å². The third-order valence-corrected chi connectivity index (χ3v) is 3.46. The smallest absolute Gasteiger partial charge is 0.325 e. The monoisotopic (exact) mass is 278 g/mol. The maximum atomic E-state index is 12.3. The van der Waals surface area contributed by atoms with Crippen LogP contribution in [0.5, 0.6) is 0 Å². The van der Waals surface area contributed by atoms with Crippen LogP contribution in [0.15, 0.2) is 29.2 Å². The van der Waals surface area contributed by atoms with Crippen LogP contribution in [0.4, 0.5) is 14.5 Å². The Hall–Kier alpha value is -1.54. The Bertz CT molecular complexity index is 544. The summed E-state index contributed by atoms with van der Waals surface area (Å²) in [5, 5.41) is 2.32. The Morgan fingerprint density at radius 1 is 1.39 bits per heavy atom. The lowest BCUT2D eigenvalue weighted by Gasteiger charge is -2.09. The van der Waals surface area contributed by atoms with Gasteiger partial charge in [-0.15, -0.1) is 0 Å². The van der Waals surface area contributed by atoms with E-state index in [1.54, 1.807) is 0 Å². The number of nitrogens with one attached hydrogen (secondary N) is 1. The molecule has 0 spiro atoms. The average molecular weight is 278 g/mol. The molecule has 0 fully saturated rings. The van der Waals surface area contributed by atoms with Crippen LogP contribution in [0, 0.1) is 0 Å². The van der Waals surface area contributed by atoms with Crippen LogP contribution in [0.3, 0.4) is 0 Å². The van der Waals surface area contributed by atoms with Gasteiger partial charge in [0.2, 0.25) is 15.7 Å². The predicted molar refractivity (Wildman–Crippen MR) is 61.9 cm³/mol. The van der Waals surface area contributed by atoms with Crippen molar-refractivity contribution in [2.45, 2.75) is 23.6 Å². The molecule has 0 saturated heterocycles. The first-order chi connectivity index (χ1) is 8.25. The Morgan fingerprint density at radius 2 is 2.00 bits per heavy atom. The molecule has 100 valence electrons. The fourth-order valence-corrected chi connectivity index (χ4v) is 1.88. The second kappa shape index (κ2) is 5.40. The van der Waals surface area contributed by atoms with Crippen LogP contribution in [0.25, 0.3) is 0 Å². The summed E-state index contributed by atoms with van der Waals surface area (Å²) in [5.41, 5.74) is 5.40. The summed E-state index contributed by atoms with van der Waals surface area (Å²) in [4.78, 5) is 10.7. The van der Waals surface area contributed by atoms with Gasteiger partial charge in [-0.05, 0) is 25.1 Å². The van der Waals surface area contributed by atoms with Crippen molar-refractivity contribution in [2.75, 3.05) is 5.32 Å². The van der Waals surface area contributed by atoms with Gasteiger partial charge in [0, 0.05) is 5.69 Å². The van der Waals surface area contributed by atoms with E-state index in [9.17, 15) is 22.0 Å². The molecule has 0 saturated carbocycles. The molecular weight excluding hydrogens is 266 g/mol. The first-order valence-electron chi connectivity index (χ1n) is 4.93. The SMILES string of the molecule is C[C@H](N)C(=O)Nc1cccc(S(=O)(=O)C(F)F)c1. The lowest BCUT2D eigenvalue weighted by Crippen LogP contribution is -2.32. The fourth-order valence-electron chi connectivity index (χ4n) is 1.11. The number of amides is 1. The highest BCUT2D eigenvalue weighted by atomic mass is 32.2. The van der Waals surface area contributed by atoms with Gasteiger partial charge in [-0.2, -0.15) is 8.78 Å². The number of carbonyl (C=O) groups excluding carboxylic acids is 1. The van der Waals surface area contributed by atoms with E-state index in [0.29, 0.717) is 0 Å². The molecule has 0 aliphatic rings. The van der Waals surface area contributed by atoms with Crippen LogP contribution in [0.2, 0.25) is 0 Å². The van der Waals surface area contributed by atoms with E-state index < -0.39 is 32.4 Å². The maximum absolute atomic E-state index is 12.3. The Balaban J connectivity index is 3.04. The lowest BCUT2D eigenvalue weighted by molar-refractivity contribution is -0.117. The molecule has 0 heterocycles. The largest absolute Gasteiger partial charge is 0.341 e. The molecule has 0 aliphatic heterocycles. The molecule has 0 aromatic heterocycles. The molecule has 0 radical (unpaired) electrons. The zero-order valence-corrected chi connectivity index (χ0v) is 10.2. The fraction of sp³-hybridized carbons (Fsp3) is 0.300. The zero-order chi connectivity index (χ0) is 13.9. The summed E-state index contributed by atoms with van der Waals surface area (Å²) in [7, 11) is -4.67. The van der Waals surface area contributed by atoms with Gasteiger partial charge in [0.05, 0.1) is 10.9 Å². The van der Waals surface area contributed by atoms with Crippen LogP contribution >= 0.6 is 0 Å². The van der Waals surface area contributed by atoms with E-state index in [1.807, 2.05) is 0 Å². The number of sulfone groups is 1. The van der Waals surface area contributed by atoms with Crippen LogP contribution < -0.4 is 11.1 Å². The number of halogens is 2. The predicted octanol–water partition coefficient (Wildman–Crippen LogP) is 0.969. The first kappa shape index (κ1) is 14.5. The van der Waals surface area contributed by atoms with Gasteiger partial charge in [0.1, 0.15) is 0 Å². The van der Waals surface area contributed by atoms with Gasteiger partial charge in [-0.25, -0.2) is 8.42 Å². The number of hydrogen-bond donors (Lipinski definition) is 2. The van der Waals surface area contributed by atoms with Crippen molar-refractivity contribution >= 4 is 21.4 Å². The van der Waals surface area contributed by atoms with Crippen molar-refractivity contribution in [1.29, 1.82) is 0 Å². The number of benzene rings is 1. The molecule has 1 rings (SSSR count). The molecule has 8 heteroatoms. The molecule has 1 amide bonds. The van der Waals surface area contributed by atoms with E-state index in [4.69, 9.17) is 5.73 Å². The van der Waals surface area contributed by atoms with Crippen molar-refractivity contribution in [3.05, 3.63) is 24.3 Å². The maximum Gasteiger partial charge on any atom is 0.341 e. The van der Waals surface area contributed by atoms with Crippen LogP contribution in [0.1, 0.15) is 6.92 Å². The highest BCUT2D eigenvalue weighted by Crippen LogP contribution is 2.21. The normalized spacial score (nSPS) is 13.4. The van der Waals surface area contributed by atoms with E-state index >= 15 is 0 Å². The van der Waals surface area contributed by atoms with E-state index in [2.05, 4.69) is 5.32 Å². The minimum atomic E-state index is -4.67. The Morgan fingerprint density at radius 3 is 2.50 bits per heavy atom. The highest BCUT2D eigenvalue weighted by Gasteiger charge is 2.26. The third-order valence-electron chi connectivity index (χ3n) is 2.08. The molecule has 5 nitrogen and oxygen atoms in total. The van der Waals surface area contributed by atoms with E-state index in [0.717, 1.165) is 12.1 Å². The average Bonchev–Trinajstić information content (AvgIpc) is 2.28. The summed E-state index contributed by atoms with van der Waals surface area (Å²) in [6.45, 7) is 1.44. The summed E-state index contributed by atoms with van der Waals surface area (Å²) in [6.07, 6.45) is 0. The topological polar surface area (TPSA) is 89.3 Å². The number of alkyl halides is 2. The quantitative estimate of drug-likeness (QED) is 0.858. The molecule has 0 unspecified atom stereocenters. The molecule has 3 N–H and O–H groups in total. The number of hydrogen-bond acceptors (Lipinski definition) is 4. The van der Waals surface area contributed by atoms with Gasteiger partial charge in [0.25, 0.3) is 0 Å². The third kappa shape index (κ3) is 3.23. The summed E-state index contributed by atoms with van der Waals surface area (Å²) >= 11 is 0. The van der Waals surface area contributed by atoms with Crippen molar-refractivity contribution in [2.24, 2.45) is 5.73 Å². The molecule has 1 aromatic rings. The lowest BCUT2D eigenvalue weighted by atomic mass is 10.3. The molecule has 0 bridgehead atoms. The second-order valence-electron chi connectivity index (χ2n) is 3.61. The minimum Gasteiger partial charge on any atom is -0.325 e. The second-order valence-corrected chi connectivity index (χ2v) is 5.53. The number of rotatable bonds is 4. The van der Waals surface area contributed by atoms with Gasteiger partial charge in [-0.3, -0.25) is 4.79 Å². The number of nitrogens with two attached hydrogens (primary N) is 1. The highest BCUT2D eigenvalue weighted by molar-refractivity contribution is 7.91. The van der Waals surface area contributed by atoms with E-state index in [1.165, 1.54) is 19.1 Å². The standard InChI is InChI=1S/C10H12F2N2O3S/c1-6(13)9(15)14-7-3-2-4-8(5-7)18(16,17)10(11)12/h2-6,10H,13H2,1H3,(H,14,15)/t6-/m0/s1. The number of anilines is 1. The molecular formula is C10H12F2N2O3S. The first-order valence-corrected chi connectivity index (χ1v) is 6.48. The molecule has 0 aliphatic carbocycles. The van der Waals surface area contributed by atoms with Gasteiger partial charge >= 0.3 is 5.76 Å². The van der Waals surface area contributed by atoms with Gasteiger partial charge in [-0.1, -0.05) is 6.07 Å². The van der Waals surface area contributed by atoms with Crippen molar-refractivity contribution in [3.8, 4) is 0 Å². The minimum absolute atomic E-state index is 0.0963. The molecule has 1 aromatic carbocycles.